The zero-order chi connectivity index (χ0) is 16.7. The van der Waals surface area contributed by atoms with Crippen molar-refractivity contribution in [2.24, 2.45) is 7.05 Å². The van der Waals surface area contributed by atoms with E-state index in [0.717, 1.165) is 41.9 Å². The van der Waals surface area contributed by atoms with Crippen LogP contribution in [0.3, 0.4) is 0 Å². The van der Waals surface area contributed by atoms with Crippen LogP contribution in [0.4, 0.5) is 0 Å². The number of carbonyl (C=O) groups is 1. The van der Waals surface area contributed by atoms with E-state index in [-0.39, 0.29) is 11.8 Å². The largest absolute Gasteiger partial charge is 0.342 e. The molecule has 1 saturated heterocycles. The average Bonchev–Trinajstić information content (AvgIpc) is 3.17. The molecule has 6 heteroatoms. The van der Waals surface area contributed by atoms with Crippen molar-refractivity contribution in [1.29, 1.82) is 0 Å². The van der Waals surface area contributed by atoms with E-state index in [2.05, 4.69) is 10.1 Å². The summed E-state index contributed by atoms with van der Waals surface area (Å²) in [6.45, 7) is 3.38. The summed E-state index contributed by atoms with van der Waals surface area (Å²) in [6, 6.07) is 8.05. The minimum absolute atomic E-state index is 0.0708. The van der Waals surface area contributed by atoms with Crippen molar-refractivity contribution in [2.75, 3.05) is 13.1 Å². The van der Waals surface area contributed by atoms with Crippen molar-refractivity contribution in [3.05, 3.63) is 47.5 Å². The molecule has 2 aromatic heterocycles. The average molecular weight is 323 g/mol. The smallest absolute Gasteiger partial charge is 0.257 e. The van der Waals surface area contributed by atoms with E-state index < -0.39 is 0 Å². The number of hydrogen-bond donors (Lipinski definition) is 1. The number of likely N-dealkylation sites (tertiary alicyclic amines) is 1. The van der Waals surface area contributed by atoms with E-state index in [1.165, 1.54) is 0 Å². The second kappa shape index (κ2) is 5.78. The van der Waals surface area contributed by atoms with Gasteiger partial charge in [-0.2, -0.15) is 5.10 Å². The van der Waals surface area contributed by atoms with Crippen LogP contribution in [0.1, 0.15) is 40.6 Å². The molecular weight excluding hydrogens is 302 g/mol. The number of nitrogens with zero attached hydrogens (tertiary/aromatic N) is 4. The van der Waals surface area contributed by atoms with E-state index in [1.54, 1.807) is 4.68 Å². The van der Waals surface area contributed by atoms with E-state index in [0.29, 0.717) is 12.1 Å². The Kier molecular flexibility index (Phi) is 3.59. The van der Waals surface area contributed by atoms with Gasteiger partial charge < -0.3 is 9.88 Å². The number of aromatic amines is 1. The minimum Gasteiger partial charge on any atom is -0.342 e. The van der Waals surface area contributed by atoms with Crippen molar-refractivity contribution in [3.8, 4) is 0 Å². The van der Waals surface area contributed by atoms with Gasteiger partial charge in [-0.25, -0.2) is 4.98 Å². The van der Waals surface area contributed by atoms with Crippen LogP contribution in [0, 0.1) is 6.92 Å². The molecule has 0 aliphatic carbocycles. The summed E-state index contributed by atoms with van der Waals surface area (Å²) in [5.74, 6) is 1.31. The molecule has 0 bridgehead atoms. The molecule has 1 aliphatic heterocycles. The van der Waals surface area contributed by atoms with Crippen molar-refractivity contribution >= 4 is 16.9 Å². The predicted octanol–water partition coefficient (Wildman–Crippen LogP) is 2.62. The Labute approximate surface area is 140 Å². The van der Waals surface area contributed by atoms with Crippen molar-refractivity contribution in [3.63, 3.8) is 0 Å². The SMILES string of the molecule is Cc1nn(C)cc1C(=O)N1CCC[C@@H](c2nc3ccccc3[nH]2)C1. The maximum atomic E-state index is 12.8. The Morgan fingerprint density at radius 3 is 2.92 bits per heavy atom. The first kappa shape index (κ1) is 14.9. The summed E-state index contributed by atoms with van der Waals surface area (Å²) in [4.78, 5) is 22.9. The predicted molar refractivity (Wildman–Crippen MR) is 91.9 cm³/mol. The fraction of sp³-hybridized carbons (Fsp3) is 0.389. The Hall–Kier alpha value is -2.63. The number of fused-ring (bicyclic) bond motifs is 1. The molecule has 1 N–H and O–H groups in total. The van der Waals surface area contributed by atoms with E-state index in [1.807, 2.05) is 49.3 Å². The Balaban J connectivity index is 1.57. The van der Waals surface area contributed by atoms with Gasteiger partial charge in [-0.1, -0.05) is 12.1 Å². The number of nitrogens with one attached hydrogen (secondary N) is 1. The number of imidazole rings is 1. The monoisotopic (exact) mass is 323 g/mol. The topological polar surface area (TPSA) is 66.8 Å². The highest BCUT2D eigenvalue weighted by Gasteiger charge is 2.28. The maximum absolute atomic E-state index is 12.8. The summed E-state index contributed by atoms with van der Waals surface area (Å²) in [5.41, 5.74) is 3.52. The number of aromatic nitrogens is 4. The molecule has 0 saturated carbocycles. The highest BCUT2D eigenvalue weighted by Crippen LogP contribution is 2.27. The minimum atomic E-state index is 0.0708. The van der Waals surface area contributed by atoms with Crippen LogP contribution in [0.15, 0.2) is 30.5 Å². The normalized spacial score (nSPS) is 18.2. The molecule has 24 heavy (non-hydrogen) atoms. The first-order valence-corrected chi connectivity index (χ1v) is 8.36. The van der Waals surface area contributed by atoms with Crippen molar-refractivity contribution in [1.82, 2.24) is 24.6 Å². The number of hydrogen-bond acceptors (Lipinski definition) is 3. The Bertz CT molecular complexity index is 861. The first-order valence-electron chi connectivity index (χ1n) is 8.36. The van der Waals surface area contributed by atoms with E-state index >= 15 is 0 Å². The van der Waals surface area contributed by atoms with Gasteiger partial charge in [-0.05, 0) is 31.9 Å². The molecule has 0 unspecified atom stereocenters. The third-order valence-electron chi connectivity index (χ3n) is 4.75. The molecule has 1 amide bonds. The Morgan fingerprint density at radius 2 is 2.17 bits per heavy atom. The van der Waals surface area contributed by atoms with Gasteiger partial charge in [0.1, 0.15) is 5.82 Å². The highest BCUT2D eigenvalue weighted by molar-refractivity contribution is 5.95. The van der Waals surface area contributed by atoms with Crippen molar-refractivity contribution in [2.45, 2.75) is 25.7 Å². The lowest BCUT2D eigenvalue weighted by molar-refractivity contribution is 0.0704. The number of piperidine rings is 1. The Morgan fingerprint density at radius 1 is 1.33 bits per heavy atom. The number of rotatable bonds is 2. The first-order chi connectivity index (χ1) is 11.6. The molecule has 1 fully saturated rings. The zero-order valence-electron chi connectivity index (χ0n) is 14.0. The molecule has 0 radical (unpaired) electrons. The second-order valence-electron chi connectivity index (χ2n) is 6.53. The summed E-state index contributed by atoms with van der Waals surface area (Å²) in [7, 11) is 1.84. The van der Waals surface area contributed by atoms with E-state index in [4.69, 9.17) is 4.98 Å². The number of para-hydroxylation sites is 2. The van der Waals surface area contributed by atoms with Gasteiger partial charge in [0.15, 0.2) is 0 Å². The van der Waals surface area contributed by atoms with Gasteiger partial charge in [0.05, 0.1) is 22.3 Å². The van der Waals surface area contributed by atoms with Crippen LogP contribution < -0.4 is 0 Å². The lowest BCUT2D eigenvalue weighted by Crippen LogP contribution is -2.39. The molecule has 1 atom stereocenters. The molecule has 1 aromatic carbocycles. The fourth-order valence-corrected chi connectivity index (χ4v) is 3.53. The molecule has 4 rings (SSSR count). The quantitative estimate of drug-likeness (QED) is 0.788. The van der Waals surface area contributed by atoms with Crippen molar-refractivity contribution < 1.29 is 4.79 Å². The van der Waals surface area contributed by atoms with Gasteiger partial charge in [0.2, 0.25) is 0 Å². The van der Waals surface area contributed by atoms with Crippen LogP contribution in [-0.2, 0) is 7.05 Å². The molecule has 0 spiro atoms. The highest BCUT2D eigenvalue weighted by atomic mass is 16.2. The lowest BCUT2D eigenvalue weighted by atomic mass is 9.97. The summed E-state index contributed by atoms with van der Waals surface area (Å²) >= 11 is 0. The molecule has 1 aliphatic rings. The van der Waals surface area contributed by atoms with Crippen LogP contribution in [0.5, 0.6) is 0 Å². The fourth-order valence-electron chi connectivity index (χ4n) is 3.53. The second-order valence-corrected chi connectivity index (χ2v) is 6.53. The number of carbonyl (C=O) groups excluding carboxylic acids is 1. The van der Waals surface area contributed by atoms with Gasteiger partial charge >= 0.3 is 0 Å². The summed E-state index contributed by atoms with van der Waals surface area (Å²) in [6.07, 6.45) is 3.85. The number of aryl methyl sites for hydroxylation is 2. The third-order valence-corrected chi connectivity index (χ3v) is 4.75. The molecule has 3 heterocycles. The lowest BCUT2D eigenvalue weighted by Gasteiger charge is -2.31. The number of amides is 1. The van der Waals surface area contributed by atoms with Gasteiger partial charge in [0.25, 0.3) is 5.91 Å². The molecular formula is C18H21N5O. The van der Waals surface area contributed by atoms with Crippen LogP contribution in [0.2, 0.25) is 0 Å². The standard InChI is InChI=1S/C18H21N5O/c1-12-14(11-22(2)21-12)18(24)23-9-5-6-13(10-23)17-19-15-7-3-4-8-16(15)20-17/h3-4,7-8,11,13H,5-6,9-10H2,1-2H3,(H,19,20)/t13-/m1/s1. The van der Waals surface area contributed by atoms with Gasteiger partial charge in [-0.3, -0.25) is 9.48 Å². The molecule has 124 valence electrons. The maximum Gasteiger partial charge on any atom is 0.257 e. The summed E-state index contributed by atoms with van der Waals surface area (Å²) < 4.78 is 1.70. The van der Waals surface area contributed by atoms with Gasteiger partial charge in [-0.15, -0.1) is 0 Å². The van der Waals surface area contributed by atoms with Crippen LogP contribution in [-0.4, -0.2) is 43.6 Å². The van der Waals surface area contributed by atoms with Crippen LogP contribution >= 0.6 is 0 Å². The number of benzene rings is 1. The summed E-state index contributed by atoms with van der Waals surface area (Å²) in [5, 5.41) is 4.28. The zero-order valence-corrected chi connectivity index (χ0v) is 14.0. The number of H-pyrrole nitrogens is 1. The molecule has 6 nitrogen and oxygen atoms in total. The third kappa shape index (κ3) is 2.58. The van der Waals surface area contributed by atoms with E-state index in [9.17, 15) is 4.79 Å². The van der Waals surface area contributed by atoms with Crippen LogP contribution in [0.25, 0.3) is 11.0 Å². The van der Waals surface area contributed by atoms with Gasteiger partial charge in [0, 0.05) is 32.3 Å². The molecule has 3 aromatic rings.